The van der Waals surface area contributed by atoms with Gasteiger partial charge in [0.05, 0.1) is 33.6 Å². The van der Waals surface area contributed by atoms with Gasteiger partial charge in [0, 0.05) is 6.54 Å². The number of hydrogen-bond acceptors (Lipinski definition) is 4. The molecule has 144 valence electrons. The van der Waals surface area contributed by atoms with Gasteiger partial charge in [0.25, 0.3) is 0 Å². The summed E-state index contributed by atoms with van der Waals surface area (Å²) in [5.74, 6) is 1.98. The minimum absolute atomic E-state index is 0.136. The molecule has 0 aromatic heterocycles. The quantitative estimate of drug-likeness (QED) is 0.841. The molecule has 2 aromatic carbocycles. The van der Waals surface area contributed by atoms with Crippen LogP contribution in [0.1, 0.15) is 17.2 Å². The highest BCUT2D eigenvalue weighted by Crippen LogP contribution is 2.38. The maximum atomic E-state index is 13.0. The number of nitrogens with zero attached hydrogens (tertiary/aromatic N) is 1. The molecule has 7 nitrogen and oxygen atoms in total. The monoisotopic (exact) mass is 372 g/mol. The van der Waals surface area contributed by atoms with Gasteiger partial charge >= 0.3 is 6.03 Å². The van der Waals surface area contributed by atoms with Crippen LogP contribution in [0.25, 0.3) is 0 Å². The number of rotatable bonds is 5. The summed E-state index contributed by atoms with van der Waals surface area (Å²) < 4.78 is 16.2. The van der Waals surface area contributed by atoms with E-state index in [1.165, 1.54) is 0 Å². The van der Waals surface area contributed by atoms with Crippen LogP contribution in [0.5, 0.6) is 17.2 Å². The molecule has 2 amide bonds. The molecule has 0 spiro atoms. The minimum atomic E-state index is -0.173. The maximum absolute atomic E-state index is 13.0. The van der Waals surface area contributed by atoms with E-state index >= 15 is 0 Å². The zero-order chi connectivity index (χ0) is 19.4. The van der Waals surface area contributed by atoms with Crippen molar-refractivity contribution in [3.8, 4) is 17.2 Å². The SMILES string of the molecule is COc1ccccc1NC(=O)N1CCc2cc(OC)c(OC)cc2[C@H]1C[NH3+]. The Morgan fingerprint density at radius 1 is 1.11 bits per heavy atom. The number of quaternary nitrogens is 1. The number of anilines is 1. The van der Waals surface area contributed by atoms with Crippen molar-refractivity contribution in [1.29, 1.82) is 0 Å². The van der Waals surface area contributed by atoms with Crippen LogP contribution in [0, 0.1) is 0 Å². The van der Waals surface area contributed by atoms with Crippen molar-refractivity contribution in [1.82, 2.24) is 4.90 Å². The van der Waals surface area contributed by atoms with Gasteiger partial charge in [-0.3, -0.25) is 0 Å². The first-order valence-corrected chi connectivity index (χ1v) is 8.87. The molecule has 7 heteroatoms. The standard InChI is InChI=1S/C20H25N3O4/c1-25-17-7-5-4-6-15(17)22-20(24)23-9-8-13-10-18(26-2)19(27-3)11-14(13)16(23)12-21/h4-7,10-11,16H,8-9,12,21H2,1-3H3,(H,22,24)/p+1/t16-/m1/s1. The number of benzene rings is 2. The van der Waals surface area contributed by atoms with Gasteiger partial charge in [-0.05, 0) is 41.8 Å². The lowest BCUT2D eigenvalue weighted by molar-refractivity contribution is -0.378. The smallest absolute Gasteiger partial charge is 0.322 e. The largest absolute Gasteiger partial charge is 0.495 e. The Kier molecular flexibility index (Phi) is 5.71. The number of carbonyl (C=O) groups excluding carboxylic acids is 1. The van der Waals surface area contributed by atoms with Crippen LogP contribution in [0.3, 0.4) is 0 Å². The number of carbonyl (C=O) groups is 1. The van der Waals surface area contributed by atoms with Gasteiger partial charge in [0.2, 0.25) is 0 Å². The van der Waals surface area contributed by atoms with Gasteiger partial charge in [-0.15, -0.1) is 0 Å². The van der Waals surface area contributed by atoms with Gasteiger partial charge in [-0.25, -0.2) is 4.79 Å². The summed E-state index contributed by atoms with van der Waals surface area (Å²) in [4.78, 5) is 14.8. The molecule has 3 rings (SSSR count). The third-order valence-electron chi connectivity index (χ3n) is 4.89. The van der Waals surface area contributed by atoms with Crippen LogP contribution in [0.15, 0.2) is 36.4 Å². The molecule has 1 atom stereocenters. The second kappa shape index (κ2) is 8.18. The molecule has 0 aliphatic carbocycles. The van der Waals surface area contributed by atoms with Gasteiger partial charge in [-0.1, -0.05) is 12.1 Å². The lowest BCUT2D eigenvalue weighted by atomic mass is 9.92. The Hall–Kier alpha value is -2.93. The van der Waals surface area contributed by atoms with Crippen LogP contribution < -0.4 is 25.3 Å². The summed E-state index contributed by atoms with van der Waals surface area (Å²) >= 11 is 0. The van der Waals surface area contributed by atoms with Crippen LogP contribution in [-0.2, 0) is 6.42 Å². The van der Waals surface area contributed by atoms with Crippen LogP contribution >= 0.6 is 0 Å². The lowest BCUT2D eigenvalue weighted by Crippen LogP contribution is -2.58. The van der Waals surface area contributed by atoms with E-state index in [1.54, 1.807) is 21.3 Å². The summed E-state index contributed by atoms with van der Waals surface area (Å²) in [6, 6.07) is 11.0. The number of para-hydroxylation sites is 2. The van der Waals surface area contributed by atoms with Gasteiger partial charge < -0.3 is 30.2 Å². The topological polar surface area (TPSA) is 87.7 Å². The van der Waals surface area contributed by atoms with Crippen molar-refractivity contribution >= 4 is 11.7 Å². The van der Waals surface area contributed by atoms with Gasteiger partial charge in [0.15, 0.2) is 11.5 Å². The molecule has 1 aliphatic heterocycles. The zero-order valence-corrected chi connectivity index (χ0v) is 16.0. The highest BCUT2D eigenvalue weighted by atomic mass is 16.5. The van der Waals surface area contributed by atoms with E-state index in [1.807, 2.05) is 41.3 Å². The molecule has 0 saturated heterocycles. The number of amides is 2. The molecule has 0 bridgehead atoms. The van der Waals surface area contributed by atoms with Crippen molar-refractivity contribution < 1.29 is 24.7 Å². The number of fused-ring (bicyclic) bond motifs is 1. The van der Waals surface area contributed by atoms with Crippen molar-refractivity contribution in [3.63, 3.8) is 0 Å². The summed E-state index contributed by atoms with van der Waals surface area (Å²) in [7, 11) is 4.82. The number of ether oxygens (including phenoxy) is 3. The molecule has 27 heavy (non-hydrogen) atoms. The van der Waals surface area contributed by atoms with Crippen LogP contribution in [0.4, 0.5) is 10.5 Å². The van der Waals surface area contributed by atoms with E-state index in [0.717, 1.165) is 17.5 Å². The normalized spacial score (nSPS) is 15.7. The third-order valence-corrected chi connectivity index (χ3v) is 4.89. The molecule has 0 radical (unpaired) electrons. The summed E-state index contributed by atoms with van der Waals surface area (Å²) in [5.41, 5.74) is 6.91. The molecule has 1 heterocycles. The number of urea groups is 1. The van der Waals surface area contributed by atoms with Crippen molar-refractivity contribution in [2.24, 2.45) is 0 Å². The third kappa shape index (κ3) is 3.64. The van der Waals surface area contributed by atoms with E-state index in [0.29, 0.717) is 36.0 Å². The first-order valence-electron chi connectivity index (χ1n) is 8.87. The molecule has 1 aliphatic rings. The van der Waals surface area contributed by atoms with E-state index in [2.05, 4.69) is 11.1 Å². The fourth-order valence-corrected chi connectivity index (χ4v) is 3.52. The summed E-state index contributed by atoms with van der Waals surface area (Å²) in [5, 5.41) is 2.96. The molecule has 2 aromatic rings. The zero-order valence-electron chi connectivity index (χ0n) is 16.0. The fourth-order valence-electron chi connectivity index (χ4n) is 3.52. The number of methoxy groups -OCH3 is 3. The Balaban J connectivity index is 1.88. The van der Waals surface area contributed by atoms with E-state index in [9.17, 15) is 4.79 Å². The molecule has 0 saturated carbocycles. The molecular weight excluding hydrogens is 346 g/mol. The Labute approximate surface area is 159 Å². The average Bonchev–Trinajstić information content (AvgIpc) is 2.71. The highest BCUT2D eigenvalue weighted by molar-refractivity contribution is 5.91. The first-order chi connectivity index (χ1) is 13.1. The molecular formula is C20H26N3O4+. The van der Waals surface area contributed by atoms with Crippen molar-refractivity contribution in [3.05, 3.63) is 47.5 Å². The highest BCUT2D eigenvalue weighted by Gasteiger charge is 2.32. The van der Waals surface area contributed by atoms with E-state index in [-0.39, 0.29) is 12.1 Å². The van der Waals surface area contributed by atoms with Gasteiger partial charge in [0.1, 0.15) is 11.8 Å². The molecule has 0 fully saturated rings. The lowest BCUT2D eigenvalue weighted by Gasteiger charge is -2.36. The van der Waals surface area contributed by atoms with Crippen molar-refractivity contribution in [2.45, 2.75) is 12.5 Å². The fraction of sp³-hybridized carbons (Fsp3) is 0.350. The Morgan fingerprint density at radius 3 is 2.44 bits per heavy atom. The Bertz CT molecular complexity index is 825. The number of nitrogens with one attached hydrogen (secondary N) is 1. The predicted molar refractivity (Wildman–Crippen MR) is 102 cm³/mol. The van der Waals surface area contributed by atoms with Gasteiger partial charge in [-0.2, -0.15) is 0 Å². The summed E-state index contributed by atoms with van der Waals surface area (Å²) in [6.07, 6.45) is 0.742. The maximum Gasteiger partial charge on any atom is 0.322 e. The average molecular weight is 372 g/mol. The minimum Gasteiger partial charge on any atom is -0.495 e. The first kappa shape index (κ1) is 18.8. The van der Waals surface area contributed by atoms with Crippen molar-refractivity contribution in [2.75, 3.05) is 39.7 Å². The number of hydrogen-bond donors (Lipinski definition) is 2. The van der Waals surface area contributed by atoms with E-state index < -0.39 is 0 Å². The van der Waals surface area contributed by atoms with E-state index in [4.69, 9.17) is 14.2 Å². The Morgan fingerprint density at radius 2 is 1.78 bits per heavy atom. The predicted octanol–water partition coefficient (Wildman–Crippen LogP) is 2.09. The van der Waals surface area contributed by atoms with Crippen LogP contribution in [-0.4, -0.2) is 45.3 Å². The second-order valence-electron chi connectivity index (χ2n) is 6.28. The van der Waals surface area contributed by atoms with Crippen LogP contribution in [0.2, 0.25) is 0 Å². The summed E-state index contributed by atoms with van der Waals surface area (Å²) in [6.45, 7) is 1.16. The second-order valence-corrected chi connectivity index (χ2v) is 6.28. The molecule has 0 unspecified atom stereocenters. The molecule has 4 N–H and O–H groups in total.